The maximum atomic E-state index is 11.0. The summed E-state index contributed by atoms with van der Waals surface area (Å²) in [5.41, 5.74) is 0.726. The second-order valence-electron chi connectivity index (χ2n) is 4.32. The molecule has 1 unspecified atom stereocenters. The first kappa shape index (κ1) is 13.8. The van der Waals surface area contributed by atoms with Crippen molar-refractivity contribution in [1.82, 2.24) is 14.6 Å². The van der Waals surface area contributed by atoms with E-state index in [1.54, 1.807) is 29.0 Å². The first-order chi connectivity index (χ1) is 8.98. The highest BCUT2D eigenvalue weighted by Gasteiger charge is 2.15. The van der Waals surface area contributed by atoms with E-state index in [4.69, 9.17) is 9.88 Å². The van der Waals surface area contributed by atoms with Gasteiger partial charge in [-0.05, 0) is 12.5 Å². The van der Waals surface area contributed by atoms with Crippen LogP contribution in [0.3, 0.4) is 0 Å². The first-order valence-electron chi connectivity index (χ1n) is 5.91. The van der Waals surface area contributed by atoms with Crippen molar-refractivity contribution < 1.29 is 13.2 Å². The number of aromatic nitrogens is 3. The van der Waals surface area contributed by atoms with Crippen molar-refractivity contribution in [2.75, 3.05) is 12.4 Å². The minimum atomic E-state index is -3.48. The Morgan fingerprint density at radius 1 is 1.47 bits per heavy atom. The maximum absolute atomic E-state index is 11.0. The number of hydrogen-bond donors (Lipinski definition) is 1. The van der Waals surface area contributed by atoms with Gasteiger partial charge >= 0.3 is 0 Å². The van der Waals surface area contributed by atoms with Gasteiger partial charge in [0, 0.05) is 24.4 Å². The molecular formula is C11H16N4O3S. The van der Waals surface area contributed by atoms with Crippen LogP contribution in [0.2, 0.25) is 0 Å². The molecule has 0 aromatic carbocycles. The zero-order valence-electron chi connectivity index (χ0n) is 10.6. The molecule has 0 saturated carbocycles. The third-order valence-corrected chi connectivity index (χ3v) is 3.68. The van der Waals surface area contributed by atoms with Crippen LogP contribution < -0.4 is 9.88 Å². The molecule has 0 fully saturated rings. The van der Waals surface area contributed by atoms with Crippen molar-refractivity contribution in [2.45, 2.75) is 13.3 Å². The Hall–Kier alpha value is -1.67. The number of fused-ring (bicyclic) bond motifs is 1. The minimum Gasteiger partial charge on any atom is -0.476 e. The fourth-order valence-corrected chi connectivity index (χ4v) is 2.68. The lowest BCUT2D eigenvalue weighted by atomic mass is 10.1. The second-order valence-corrected chi connectivity index (χ2v) is 5.98. The first-order valence-corrected chi connectivity index (χ1v) is 7.63. The number of imidazole rings is 1. The number of sulfonamides is 1. The van der Waals surface area contributed by atoms with Crippen LogP contribution in [0.1, 0.15) is 13.3 Å². The number of ether oxygens (including phenoxy) is 1. The fraction of sp³-hybridized carbons (Fsp3) is 0.455. The fourth-order valence-electron chi connectivity index (χ4n) is 1.69. The van der Waals surface area contributed by atoms with E-state index in [2.05, 4.69) is 10.1 Å². The highest BCUT2D eigenvalue weighted by atomic mass is 32.2. The molecule has 0 radical (unpaired) electrons. The number of rotatable bonds is 6. The molecule has 2 aromatic heterocycles. The zero-order chi connectivity index (χ0) is 13.9. The van der Waals surface area contributed by atoms with Crippen molar-refractivity contribution in [3.05, 3.63) is 24.5 Å². The summed E-state index contributed by atoms with van der Waals surface area (Å²) in [6.07, 6.45) is 4.02. The van der Waals surface area contributed by atoms with Crippen LogP contribution in [0.25, 0.3) is 5.65 Å². The summed E-state index contributed by atoms with van der Waals surface area (Å²) in [7, 11) is -3.48. The highest BCUT2D eigenvalue weighted by molar-refractivity contribution is 7.89. The maximum Gasteiger partial charge on any atom is 0.231 e. The molecule has 104 valence electrons. The quantitative estimate of drug-likeness (QED) is 0.828. The van der Waals surface area contributed by atoms with Gasteiger partial charge in [-0.25, -0.2) is 23.1 Å². The molecule has 8 heteroatoms. The molecule has 7 nitrogen and oxygen atoms in total. The average molecular weight is 284 g/mol. The van der Waals surface area contributed by atoms with E-state index in [0.29, 0.717) is 12.3 Å². The predicted octanol–water partition coefficient (Wildman–Crippen LogP) is 0.423. The summed E-state index contributed by atoms with van der Waals surface area (Å²) < 4.78 is 29.2. The lowest BCUT2D eigenvalue weighted by Crippen LogP contribution is -2.26. The van der Waals surface area contributed by atoms with Crippen molar-refractivity contribution in [2.24, 2.45) is 11.1 Å². The van der Waals surface area contributed by atoms with E-state index in [9.17, 15) is 8.42 Å². The molecule has 0 amide bonds. The number of primary sulfonamides is 1. The lowest BCUT2D eigenvalue weighted by Gasteiger charge is -2.14. The van der Waals surface area contributed by atoms with Gasteiger partial charge in [0.05, 0.1) is 12.4 Å². The molecule has 0 aliphatic rings. The minimum absolute atomic E-state index is 0.0865. The van der Waals surface area contributed by atoms with Crippen molar-refractivity contribution in [1.29, 1.82) is 0 Å². The Morgan fingerprint density at radius 2 is 2.26 bits per heavy atom. The van der Waals surface area contributed by atoms with Crippen LogP contribution in [0.15, 0.2) is 24.5 Å². The van der Waals surface area contributed by atoms with Gasteiger partial charge in [-0.15, -0.1) is 5.10 Å². The molecule has 0 saturated heterocycles. The van der Waals surface area contributed by atoms with Crippen LogP contribution in [-0.2, 0) is 10.0 Å². The van der Waals surface area contributed by atoms with Gasteiger partial charge in [0.1, 0.15) is 0 Å². The van der Waals surface area contributed by atoms with Gasteiger partial charge in [-0.3, -0.25) is 0 Å². The SMILES string of the molecule is CCC(COc1ccc2nccn2n1)CS(N)(=O)=O. The summed E-state index contributed by atoms with van der Waals surface area (Å²) >= 11 is 0. The molecule has 2 rings (SSSR count). The van der Waals surface area contributed by atoms with Crippen LogP contribution in [0.5, 0.6) is 5.88 Å². The van der Waals surface area contributed by atoms with Crippen molar-refractivity contribution >= 4 is 15.7 Å². The molecule has 0 spiro atoms. The summed E-state index contributed by atoms with van der Waals surface area (Å²) in [6.45, 7) is 2.16. The molecule has 2 heterocycles. The van der Waals surface area contributed by atoms with Gasteiger partial charge in [-0.1, -0.05) is 6.92 Å². The molecule has 2 N–H and O–H groups in total. The van der Waals surface area contributed by atoms with E-state index in [1.165, 1.54) is 0 Å². The molecule has 1 atom stereocenters. The summed E-state index contributed by atoms with van der Waals surface area (Å²) in [4.78, 5) is 4.07. The van der Waals surface area contributed by atoms with Crippen LogP contribution in [0, 0.1) is 5.92 Å². The second kappa shape index (κ2) is 5.54. The smallest absolute Gasteiger partial charge is 0.231 e. The largest absolute Gasteiger partial charge is 0.476 e. The van der Waals surface area contributed by atoms with Crippen LogP contribution in [-0.4, -0.2) is 35.4 Å². The summed E-state index contributed by atoms with van der Waals surface area (Å²) in [5.74, 6) is 0.199. The lowest BCUT2D eigenvalue weighted by molar-refractivity contribution is 0.245. The van der Waals surface area contributed by atoms with Crippen molar-refractivity contribution in [3.63, 3.8) is 0 Å². The molecular weight excluding hydrogens is 268 g/mol. The van der Waals surface area contributed by atoms with E-state index >= 15 is 0 Å². The van der Waals surface area contributed by atoms with Gasteiger partial charge in [0.2, 0.25) is 15.9 Å². The zero-order valence-corrected chi connectivity index (χ0v) is 11.4. The molecule has 0 aliphatic heterocycles. The molecule has 0 aliphatic carbocycles. The number of nitrogens with two attached hydrogens (primary N) is 1. The van der Waals surface area contributed by atoms with E-state index in [0.717, 1.165) is 5.65 Å². The van der Waals surface area contributed by atoms with Crippen LogP contribution in [0.4, 0.5) is 0 Å². The third-order valence-electron chi connectivity index (χ3n) is 2.74. The summed E-state index contributed by atoms with van der Waals surface area (Å²) in [6, 6.07) is 3.48. The Kier molecular flexibility index (Phi) is 4.01. The van der Waals surface area contributed by atoms with E-state index in [1.807, 2.05) is 6.92 Å². The highest BCUT2D eigenvalue weighted by Crippen LogP contribution is 2.11. The Morgan fingerprint density at radius 3 is 2.95 bits per heavy atom. The normalized spacial score (nSPS) is 13.6. The van der Waals surface area contributed by atoms with E-state index < -0.39 is 10.0 Å². The number of hydrogen-bond acceptors (Lipinski definition) is 5. The van der Waals surface area contributed by atoms with Gasteiger partial charge in [0.15, 0.2) is 5.65 Å². The number of nitrogens with zero attached hydrogens (tertiary/aromatic N) is 3. The standard InChI is InChI=1S/C11H16N4O3S/c1-2-9(8-19(12,16)17)7-18-11-4-3-10-13-5-6-15(10)14-11/h3-6,9H,2,7-8H2,1H3,(H2,12,16,17). The Balaban J connectivity index is 2.00. The monoisotopic (exact) mass is 284 g/mol. The third kappa shape index (κ3) is 3.90. The molecule has 19 heavy (non-hydrogen) atoms. The summed E-state index contributed by atoms with van der Waals surface area (Å²) in [5, 5.41) is 9.22. The Labute approximate surface area is 111 Å². The van der Waals surface area contributed by atoms with Gasteiger partial charge in [0.25, 0.3) is 0 Å². The predicted molar refractivity (Wildman–Crippen MR) is 70.2 cm³/mol. The van der Waals surface area contributed by atoms with Gasteiger partial charge < -0.3 is 4.74 Å². The topological polar surface area (TPSA) is 99.6 Å². The van der Waals surface area contributed by atoms with E-state index in [-0.39, 0.29) is 18.3 Å². The van der Waals surface area contributed by atoms with Crippen LogP contribution >= 0.6 is 0 Å². The average Bonchev–Trinajstić information content (AvgIpc) is 2.80. The Bertz CT molecular complexity index is 653. The molecule has 0 bridgehead atoms. The van der Waals surface area contributed by atoms with Gasteiger partial charge in [-0.2, -0.15) is 0 Å². The molecule has 2 aromatic rings. The van der Waals surface area contributed by atoms with Crippen molar-refractivity contribution in [3.8, 4) is 5.88 Å².